The fraction of sp³-hybridized carbons (Fsp3) is 0.500. The van der Waals surface area contributed by atoms with Gasteiger partial charge in [-0.3, -0.25) is 9.10 Å². The number of nitrogens with zero attached hydrogens (tertiary/aromatic N) is 2. The summed E-state index contributed by atoms with van der Waals surface area (Å²) in [5, 5.41) is 9.16. The van der Waals surface area contributed by atoms with Crippen LogP contribution in [0.4, 0.5) is 5.69 Å². The highest BCUT2D eigenvalue weighted by Crippen LogP contribution is 2.29. The highest BCUT2D eigenvalue weighted by Gasteiger charge is 2.39. The summed E-state index contributed by atoms with van der Waals surface area (Å²) in [4.78, 5) is 11.2. The van der Waals surface area contributed by atoms with Gasteiger partial charge in [0.25, 0.3) is 0 Å². The third kappa shape index (κ3) is 2.89. The zero-order chi connectivity index (χ0) is 17.5. The normalized spacial score (nSPS) is 24.3. The molecule has 3 rings (SSSR count). The molecule has 2 heterocycles. The third-order valence-corrected chi connectivity index (χ3v) is 8.11. The van der Waals surface area contributed by atoms with E-state index in [1.54, 1.807) is 0 Å². The second kappa shape index (κ2) is 6.01. The molecule has 0 radical (unpaired) electrons. The van der Waals surface area contributed by atoms with E-state index in [-0.39, 0.29) is 17.2 Å². The third-order valence-electron chi connectivity index (χ3n) is 4.32. The first kappa shape index (κ1) is 17.2. The van der Waals surface area contributed by atoms with Crippen molar-refractivity contribution in [3.8, 4) is 0 Å². The lowest BCUT2D eigenvalue weighted by atomic mass is 10.2. The molecule has 2 saturated heterocycles. The molecule has 0 saturated carbocycles. The van der Waals surface area contributed by atoms with Gasteiger partial charge in [0.1, 0.15) is 6.04 Å². The summed E-state index contributed by atoms with van der Waals surface area (Å²) >= 11 is 0. The molecule has 1 N–H and O–H groups in total. The highest BCUT2D eigenvalue weighted by molar-refractivity contribution is 7.93. The van der Waals surface area contributed by atoms with E-state index in [1.165, 1.54) is 28.6 Å². The molecule has 132 valence electrons. The predicted octanol–water partition coefficient (Wildman–Crippen LogP) is 0.464. The number of benzene rings is 1. The Kier molecular flexibility index (Phi) is 4.30. The van der Waals surface area contributed by atoms with Gasteiger partial charge < -0.3 is 5.11 Å². The summed E-state index contributed by atoms with van der Waals surface area (Å²) in [6.07, 6.45) is 1.33. The molecule has 1 aromatic rings. The molecule has 0 amide bonds. The minimum Gasteiger partial charge on any atom is -0.480 e. The maximum Gasteiger partial charge on any atom is 0.322 e. The van der Waals surface area contributed by atoms with Crippen molar-refractivity contribution in [3.05, 3.63) is 24.3 Å². The smallest absolute Gasteiger partial charge is 0.322 e. The summed E-state index contributed by atoms with van der Waals surface area (Å²) in [5.74, 6) is -1.07. The maximum absolute atomic E-state index is 12.6. The number of rotatable bonds is 4. The van der Waals surface area contributed by atoms with E-state index in [1.807, 2.05) is 0 Å². The molecule has 0 unspecified atom stereocenters. The summed E-state index contributed by atoms with van der Waals surface area (Å²) in [6, 6.07) is 4.50. The van der Waals surface area contributed by atoms with Crippen molar-refractivity contribution < 1.29 is 26.7 Å². The second-order valence-electron chi connectivity index (χ2n) is 5.85. The van der Waals surface area contributed by atoms with Crippen LogP contribution in [0.3, 0.4) is 0 Å². The summed E-state index contributed by atoms with van der Waals surface area (Å²) in [5.41, 5.74) is 0.419. The lowest BCUT2D eigenvalue weighted by Crippen LogP contribution is -2.40. The largest absolute Gasteiger partial charge is 0.480 e. The van der Waals surface area contributed by atoms with Gasteiger partial charge in [0.2, 0.25) is 20.0 Å². The van der Waals surface area contributed by atoms with Crippen LogP contribution < -0.4 is 4.31 Å². The Balaban J connectivity index is 1.89. The number of carboxylic acid groups (broad SMARTS) is 1. The van der Waals surface area contributed by atoms with E-state index in [9.17, 15) is 21.6 Å². The average molecular weight is 374 g/mol. The molecule has 2 fully saturated rings. The number of sulfonamides is 2. The molecule has 0 bridgehead atoms. The first-order chi connectivity index (χ1) is 11.2. The quantitative estimate of drug-likeness (QED) is 0.820. The topological polar surface area (TPSA) is 112 Å². The minimum absolute atomic E-state index is 0.0315. The Hall–Kier alpha value is -1.65. The first-order valence-electron chi connectivity index (χ1n) is 7.58. The van der Waals surface area contributed by atoms with E-state index in [2.05, 4.69) is 0 Å². The SMILES string of the molecule is O=C(O)[C@@H]1CCCN1S(=O)(=O)c1ccc(N2CCCS2(=O)=O)cc1. The van der Waals surface area contributed by atoms with Crippen molar-refractivity contribution in [1.82, 2.24) is 4.31 Å². The zero-order valence-corrected chi connectivity index (χ0v) is 14.5. The second-order valence-corrected chi connectivity index (χ2v) is 9.75. The number of carbonyl (C=O) groups is 1. The molecule has 1 aromatic carbocycles. The van der Waals surface area contributed by atoms with Crippen molar-refractivity contribution >= 4 is 31.7 Å². The molecule has 0 aromatic heterocycles. The first-order valence-corrected chi connectivity index (χ1v) is 10.6. The molecule has 10 heteroatoms. The van der Waals surface area contributed by atoms with Crippen LogP contribution in [-0.4, -0.2) is 57.1 Å². The van der Waals surface area contributed by atoms with Crippen molar-refractivity contribution in [3.63, 3.8) is 0 Å². The molecule has 1 atom stereocenters. The Labute approximate surface area is 140 Å². The van der Waals surface area contributed by atoms with Gasteiger partial charge in [-0.25, -0.2) is 16.8 Å². The van der Waals surface area contributed by atoms with Gasteiger partial charge in [0.05, 0.1) is 16.3 Å². The lowest BCUT2D eigenvalue weighted by Gasteiger charge is -2.22. The summed E-state index contributed by atoms with van der Waals surface area (Å²) < 4.78 is 51.4. The predicted molar refractivity (Wildman–Crippen MR) is 86.7 cm³/mol. The fourth-order valence-corrected chi connectivity index (χ4v) is 6.34. The molecule has 2 aliphatic heterocycles. The lowest BCUT2D eigenvalue weighted by molar-refractivity contribution is -0.140. The molecule has 0 spiro atoms. The van der Waals surface area contributed by atoms with E-state index >= 15 is 0 Å². The molecule has 8 nitrogen and oxygen atoms in total. The highest BCUT2D eigenvalue weighted by atomic mass is 32.2. The Bertz CT molecular complexity index is 848. The van der Waals surface area contributed by atoms with Crippen molar-refractivity contribution in [2.24, 2.45) is 0 Å². The summed E-state index contributed by atoms with van der Waals surface area (Å²) in [6.45, 7) is 0.545. The van der Waals surface area contributed by atoms with Crippen molar-refractivity contribution in [2.75, 3.05) is 23.1 Å². The Morgan fingerprint density at radius 3 is 2.33 bits per heavy atom. The molecule has 24 heavy (non-hydrogen) atoms. The Morgan fingerprint density at radius 1 is 1.12 bits per heavy atom. The molecular formula is C14H18N2O6S2. The number of hydrogen-bond acceptors (Lipinski definition) is 5. The Morgan fingerprint density at radius 2 is 1.79 bits per heavy atom. The molecule has 2 aliphatic rings. The fourth-order valence-electron chi connectivity index (χ4n) is 3.12. The number of anilines is 1. The van der Waals surface area contributed by atoms with Crippen LogP contribution in [0.25, 0.3) is 0 Å². The van der Waals surface area contributed by atoms with Gasteiger partial charge >= 0.3 is 5.97 Å². The van der Waals surface area contributed by atoms with Crippen LogP contribution in [0.2, 0.25) is 0 Å². The van der Waals surface area contributed by atoms with Crippen LogP contribution in [0.5, 0.6) is 0 Å². The van der Waals surface area contributed by atoms with Gasteiger partial charge in [-0.1, -0.05) is 0 Å². The van der Waals surface area contributed by atoms with E-state index < -0.39 is 32.1 Å². The monoisotopic (exact) mass is 374 g/mol. The van der Waals surface area contributed by atoms with Gasteiger partial charge in [-0.2, -0.15) is 4.31 Å². The van der Waals surface area contributed by atoms with Crippen LogP contribution in [0.1, 0.15) is 19.3 Å². The van der Waals surface area contributed by atoms with E-state index in [0.717, 1.165) is 4.31 Å². The number of carboxylic acids is 1. The minimum atomic E-state index is -3.92. The van der Waals surface area contributed by atoms with Gasteiger partial charge in [0.15, 0.2) is 0 Å². The van der Waals surface area contributed by atoms with Gasteiger partial charge in [0, 0.05) is 13.1 Å². The standard InChI is InChI=1S/C14H18N2O6S2/c17-14(18)13-3-1-8-16(13)24(21,22)12-6-4-11(5-7-12)15-9-2-10-23(15,19)20/h4-7,13H,1-3,8-10H2,(H,17,18)/t13-/m0/s1. The van der Waals surface area contributed by atoms with E-state index in [4.69, 9.17) is 5.11 Å². The number of hydrogen-bond donors (Lipinski definition) is 1. The van der Waals surface area contributed by atoms with Crippen LogP contribution in [-0.2, 0) is 24.8 Å². The maximum atomic E-state index is 12.6. The van der Waals surface area contributed by atoms with Crippen molar-refractivity contribution in [2.45, 2.75) is 30.2 Å². The average Bonchev–Trinajstić information content (AvgIpc) is 3.14. The van der Waals surface area contributed by atoms with Crippen LogP contribution in [0.15, 0.2) is 29.2 Å². The van der Waals surface area contributed by atoms with Crippen LogP contribution in [0, 0.1) is 0 Å². The van der Waals surface area contributed by atoms with Crippen LogP contribution >= 0.6 is 0 Å². The van der Waals surface area contributed by atoms with E-state index in [0.29, 0.717) is 31.5 Å². The van der Waals surface area contributed by atoms with Crippen molar-refractivity contribution in [1.29, 1.82) is 0 Å². The van der Waals surface area contributed by atoms with Gasteiger partial charge in [-0.05, 0) is 43.5 Å². The van der Waals surface area contributed by atoms with Gasteiger partial charge in [-0.15, -0.1) is 0 Å². The molecular weight excluding hydrogens is 356 g/mol. The zero-order valence-electron chi connectivity index (χ0n) is 12.8. The summed E-state index contributed by atoms with van der Waals surface area (Å²) in [7, 11) is -7.25. The number of aliphatic carboxylic acids is 1. The molecule has 0 aliphatic carbocycles.